The van der Waals surface area contributed by atoms with Crippen LogP contribution in [0, 0.1) is 0 Å². The Kier molecular flexibility index (Phi) is 3.73. The van der Waals surface area contributed by atoms with Gasteiger partial charge in [-0.25, -0.2) is 9.97 Å². The molecule has 5 heteroatoms. The van der Waals surface area contributed by atoms with E-state index in [4.69, 9.17) is 4.74 Å². The Labute approximate surface area is 123 Å². The molecule has 0 aliphatic rings. The highest BCUT2D eigenvalue weighted by Gasteiger charge is 2.08. The summed E-state index contributed by atoms with van der Waals surface area (Å²) in [4.78, 5) is 8.52. The molecule has 5 nitrogen and oxygen atoms in total. The molecular formula is C16H18N4O. The van der Waals surface area contributed by atoms with E-state index in [0.29, 0.717) is 0 Å². The first-order chi connectivity index (χ1) is 10.3. The molecule has 3 rings (SSSR count). The second-order valence-corrected chi connectivity index (χ2v) is 5.05. The Balaban J connectivity index is 1.85. The van der Waals surface area contributed by atoms with E-state index in [2.05, 4.69) is 22.2 Å². The lowest BCUT2D eigenvalue weighted by Crippen LogP contribution is -2.22. The van der Waals surface area contributed by atoms with Crippen LogP contribution in [0.1, 0.15) is 6.92 Å². The number of methoxy groups -OCH3 is 1. The number of benzene rings is 1. The summed E-state index contributed by atoms with van der Waals surface area (Å²) in [5.41, 5.74) is 0. The molecule has 21 heavy (non-hydrogen) atoms. The molecule has 0 fully saturated rings. The molecule has 1 atom stereocenters. The standard InChI is InChI=1S/C16H18N4O/c1-12(10-20-8-7-17-11-20)19-16-15-9-14(21-2)4-3-13(15)5-6-18-16/h3-9,11-12H,10H2,1-2H3,(H,18,19). The summed E-state index contributed by atoms with van der Waals surface area (Å²) in [5, 5.41) is 5.67. The van der Waals surface area contributed by atoms with Gasteiger partial charge in [0.25, 0.3) is 0 Å². The second kappa shape index (κ2) is 5.83. The van der Waals surface area contributed by atoms with Crippen molar-refractivity contribution in [1.29, 1.82) is 0 Å². The van der Waals surface area contributed by atoms with Gasteiger partial charge in [0.15, 0.2) is 0 Å². The number of anilines is 1. The molecule has 1 unspecified atom stereocenters. The maximum Gasteiger partial charge on any atom is 0.134 e. The molecule has 1 aromatic carbocycles. The highest BCUT2D eigenvalue weighted by atomic mass is 16.5. The van der Waals surface area contributed by atoms with Crippen LogP contribution in [-0.4, -0.2) is 27.7 Å². The van der Waals surface area contributed by atoms with E-state index in [1.54, 1.807) is 13.3 Å². The van der Waals surface area contributed by atoms with E-state index in [1.807, 2.05) is 47.6 Å². The highest BCUT2D eigenvalue weighted by molar-refractivity contribution is 5.92. The monoisotopic (exact) mass is 282 g/mol. The molecule has 0 amide bonds. The van der Waals surface area contributed by atoms with E-state index < -0.39 is 0 Å². The minimum atomic E-state index is 0.239. The van der Waals surface area contributed by atoms with E-state index in [9.17, 15) is 0 Å². The van der Waals surface area contributed by atoms with Gasteiger partial charge in [-0.3, -0.25) is 0 Å². The third-order valence-electron chi connectivity index (χ3n) is 3.40. The second-order valence-electron chi connectivity index (χ2n) is 5.05. The summed E-state index contributed by atoms with van der Waals surface area (Å²) in [6.07, 6.45) is 7.38. The van der Waals surface area contributed by atoms with Crippen molar-refractivity contribution in [2.75, 3.05) is 12.4 Å². The number of hydrogen-bond acceptors (Lipinski definition) is 4. The Hall–Kier alpha value is -2.56. The molecule has 0 saturated heterocycles. The average molecular weight is 282 g/mol. The van der Waals surface area contributed by atoms with Crippen LogP contribution >= 0.6 is 0 Å². The average Bonchev–Trinajstić information content (AvgIpc) is 3.00. The number of hydrogen-bond donors (Lipinski definition) is 1. The van der Waals surface area contributed by atoms with Crippen molar-refractivity contribution in [2.24, 2.45) is 0 Å². The summed E-state index contributed by atoms with van der Waals surface area (Å²) in [6.45, 7) is 2.96. The van der Waals surface area contributed by atoms with Gasteiger partial charge < -0.3 is 14.6 Å². The van der Waals surface area contributed by atoms with Crippen LogP contribution in [0.2, 0.25) is 0 Å². The number of fused-ring (bicyclic) bond motifs is 1. The SMILES string of the molecule is COc1ccc2ccnc(NC(C)Cn3ccnc3)c2c1. The van der Waals surface area contributed by atoms with Crippen molar-refractivity contribution in [3.8, 4) is 5.75 Å². The molecule has 1 N–H and O–H groups in total. The minimum Gasteiger partial charge on any atom is -0.497 e. The van der Waals surface area contributed by atoms with Gasteiger partial charge in [-0.1, -0.05) is 6.07 Å². The maximum atomic E-state index is 5.30. The van der Waals surface area contributed by atoms with Crippen molar-refractivity contribution in [2.45, 2.75) is 19.5 Å². The summed E-state index contributed by atoms with van der Waals surface area (Å²) in [6, 6.07) is 8.25. The number of aromatic nitrogens is 3. The Morgan fingerprint density at radius 2 is 2.19 bits per heavy atom. The van der Waals surface area contributed by atoms with Crippen molar-refractivity contribution < 1.29 is 4.74 Å². The zero-order valence-corrected chi connectivity index (χ0v) is 12.2. The van der Waals surface area contributed by atoms with Crippen LogP contribution in [0.4, 0.5) is 5.82 Å². The Bertz CT molecular complexity index is 724. The molecule has 0 aliphatic carbocycles. The molecule has 0 saturated carbocycles. The largest absolute Gasteiger partial charge is 0.497 e. The lowest BCUT2D eigenvalue weighted by Gasteiger charge is -2.16. The first-order valence-corrected chi connectivity index (χ1v) is 6.91. The Morgan fingerprint density at radius 1 is 1.29 bits per heavy atom. The van der Waals surface area contributed by atoms with Crippen molar-refractivity contribution in [3.63, 3.8) is 0 Å². The van der Waals surface area contributed by atoms with E-state index in [0.717, 1.165) is 28.9 Å². The predicted octanol–water partition coefficient (Wildman–Crippen LogP) is 2.94. The van der Waals surface area contributed by atoms with Gasteiger partial charge in [0.1, 0.15) is 11.6 Å². The molecule has 2 aromatic heterocycles. The van der Waals surface area contributed by atoms with Gasteiger partial charge in [-0.2, -0.15) is 0 Å². The maximum absolute atomic E-state index is 5.30. The fourth-order valence-corrected chi connectivity index (χ4v) is 2.38. The van der Waals surface area contributed by atoms with E-state index in [1.165, 1.54) is 0 Å². The lowest BCUT2D eigenvalue weighted by molar-refractivity contribution is 0.415. The fraction of sp³-hybridized carbons (Fsp3) is 0.250. The smallest absolute Gasteiger partial charge is 0.134 e. The van der Waals surface area contributed by atoms with Gasteiger partial charge in [0, 0.05) is 36.6 Å². The molecule has 0 bridgehead atoms. The van der Waals surface area contributed by atoms with Crippen LogP contribution in [0.25, 0.3) is 10.8 Å². The Morgan fingerprint density at radius 3 is 2.95 bits per heavy atom. The number of imidazole rings is 1. The zero-order chi connectivity index (χ0) is 14.7. The van der Waals surface area contributed by atoms with Crippen LogP contribution < -0.4 is 10.1 Å². The van der Waals surface area contributed by atoms with Crippen LogP contribution in [-0.2, 0) is 6.54 Å². The topological polar surface area (TPSA) is 52.0 Å². The van der Waals surface area contributed by atoms with E-state index >= 15 is 0 Å². The first-order valence-electron chi connectivity index (χ1n) is 6.91. The normalized spacial score (nSPS) is 12.3. The van der Waals surface area contributed by atoms with Gasteiger partial charge in [-0.15, -0.1) is 0 Å². The zero-order valence-electron chi connectivity index (χ0n) is 12.2. The number of nitrogens with zero attached hydrogens (tertiary/aromatic N) is 3. The third kappa shape index (κ3) is 2.97. The number of ether oxygens (including phenoxy) is 1. The minimum absolute atomic E-state index is 0.239. The van der Waals surface area contributed by atoms with Crippen LogP contribution in [0.3, 0.4) is 0 Å². The van der Waals surface area contributed by atoms with Crippen molar-refractivity contribution in [1.82, 2.24) is 14.5 Å². The quantitative estimate of drug-likeness (QED) is 0.781. The van der Waals surface area contributed by atoms with Gasteiger partial charge in [0.2, 0.25) is 0 Å². The lowest BCUT2D eigenvalue weighted by atomic mass is 10.1. The molecule has 0 aliphatic heterocycles. The summed E-state index contributed by atoms with van der Waals surface area (Å²) < 4.78 is 7.34. The number of rotatable bonds is 5. The van der Waals surface area contributed by atoms with Gasteiger partial charge >= 0.3 is 0 Å². The van der Waals surface area contributed by atoms with Crippen LogP contribution in [0.15, 0.2) is 49.2 Å². The summed E-state index contributed by atoms with van der Waals surface area (Å²) in [7, 11) is 1.67. The highest BCUT2D eigenvalue weighted by Crippen LogP contribution is 2.26. The number of pyridine rings is 1. The molecular weight excluding hydrogens is 264 g/mol. The predicted molar refractivity (Wildman–Crippen MR) is 83.6 cm³/mol. The third-order valence-corrected chi connectivity index (χ3v) is 3.40. The van der Waals surface area contributed by atoms with Crippen LogP contribution in [0.5, 0.6) is 5.75 Å². The van der Waals surface area contributed by atoms with Crippen molar-refractivity contribution in [3.05, 3.63) is 49.2 Å². The molecule has 3 aromatic rings. The summed E-state index contributed by atoms with van der Waals surface area (Å²) >= 11 is 0. The van der Waals surface area contributed by atoms with E-state index in [-0.39, 0.29) is 6.04 Å². The van der Waals surface area contributed by atoms with Crippen molar-refractivity contribution >= 4 is 16.6 Å². The molecule has 2 heterocycles. The first kappa shape index (κ1) is 13.4. The van der Waals surface area contributed by atoms with Gasteiger partial charge in [0.05, 0.1) is 13.4 Å². The molecule has 0 radical (unpaired) electrons. The number of nitrogens with one attached hydrogen (secondary N) is 1. The fourth-order valence-electron chi connectivity index (χ4n) is 2.38. The summed E-state index contributed by atoms with van der Waals surface area (Å²) in [5.74, 6) is 1.71. The van der Waals surface area contributed by atoms with Gasteiger partial charge in [-0.05, 0) is 30.5 Å². The molecule has 108 valence electrons. The molecule has 0 spiro atoms.